The average molecular weight is 556 g/mol. The first-order valence-corrected chi connectivity index (χ1v) is 14.3. The Kier molecular flexibility index (Phi) is 8.00. The summed E-state index contributed by atoms with van der Waals surface area (Å²) in [4.78, 5) is 12.8. The van der Waals surface area contributed by atoms with Gasteiger partial charge in [0.15, 0.2) is 0 Å². The van der Waals surface area contributed by atoms with Crippen molar-refractivity contribution in [3.63, 3.8) is 0 Å². The van der Waals surface area contributed by atoms with E-state index in [1.165, 1.54) is 61.5 Å². The molecule has 0 saturated heterocycles. The largest absolute Gasteiger partial charge is 0.324 e. The van der Waals surface area contributed by atoms with Crippen LogP contribution in [0, 0.1) is 6.92 Å². The van der Waals surface area contributed by atoms with Crippen molar-refractivity contribution in [3.05, 3.63) is 82.3 Å². The number of benzene rings is 3. The summed E-state index contributed by atoms with van der Waals surface area (Å²) < 4.78 is 53.6. The molecule has 3 rings (SSSR count). The van der Waals surface area contributed by atoms with E-state index < -0.39 is 32.0 Å². The summed E-state index contributed by atoms with van der Waals surface area (Å²) in [5.74, 6) is -0.603. The predicted octanol–water partition coefficient (Wildman–Crippen LogP) is 4.90. The summed E-state index contributed by atoms with van der Waals surface area (Å²) in [7, 11) is -7.69. The SMILES string of the molecule is Cc1ccc(NS(=O)(=O)c2ccc(NC(=O)C(C)N(c3ccc(Cl)cc3)S(C)(=O)=O)cc2)cc1Cl. The first-order valence-electron chi connectivity index (χ1n) is 10.2. The Morgan fingerprint density at radius 3 is 2.00 bits per heavy atom. The van der Waals surface area contributed by atoms with E-state index in [4.69, 9.17) is 23.2 Å². The van der Waals surface area contributed by atoms with Gasteiger partial charge in [-0.2, -0.15) is 0 Å². The van der Waals surface area contributed by atoms with Crippen LogP contribution in [0.3, 0.4) is 0 Å². The fourth-order valence-corrected chi connectivity index (χ4v) is 5.76. The van der Waals surface area contributed by atoms with Gasteiger partial charge in [-0.15, -0.1) is 0 Å². The molecule has 0 aliphatic heterocycles. The van der Waals surface area contributed by atoms with Crippen LogP contribution in [0.25, 0.3) is 0 Å². The fourth-order valence-electron chi connectivity index (χ4n) is 3.23. The number of sulfonamides is 2. The summed E-state index contributed by atoms with van der Waals surface area (Å²) in [6, 6.07) is 15.2. The zero-order valence-electron chi connectivity index (χ0n) is 19.0. The number of aryl methyl sites for hydroxylation is 1. The van der Waals surface area contributed by atoms with E-state index in [2.05, 4.69) is 10.0 Å². The minimum absolute atomic E-state index is 0.0285. The van der Waals surface area contributed by atoms with Gasteiger partial charge < -0.3 is 5.32 Å². The smallest absolute Gasteiger partial charge is 0.261 e. The molecule has 0 heterocycles. The van der Waals surface area contributed by atoms with E-state index in [0.29, 0.717) is 21.4 Å². The molecular weight excluding hydrogens is 533 g/mol. The highest BCUT2D eigenvalue weighted by Gasteiger charge is 2.29. The Morgan fingerprint density at radius 1 is 0.886 bits per heavy atom. The Morgan fingerprint density at radius 2 is 1.46 bits per heavy atom. The van der Waals surface area contributed by atoms with Gasteiger partial charge in [-0.05, 0) is 80.1 Å². The second kappa shape index (κ2) is 10.4. The first kappa shape index (κ1) is 26.8. The summed E-state index contributed by atoms with van der Waals surface area (Å²) in [6.07, 6.45) is 0.999. The molecule has 1 atom stereocenters. The summed E-state index contributed by atoms with van der Waals surface area (Å²) >= 11 is 11.9. The molecule has 0 aliphatic carbocycles. The van der Waals surface area contributed by atoms with Crippen LogP contribution in [0.1, 0.15) is 12.5 Å². The van der Waals surface area contributed by atoms with Gasteiger partial charge >= 0.3 is 0 Å². The minimum atomic E-state index is -3.90. The molecule has 0 fully saturated rings. The van der Waals surface area contributed by atoms with Crippen LogP contribution >= 0.6 is 23.2 Å². The third-order valence-electron chi connectivity index (χ3n) is 5.03. The molecule has 35 heavy (non-hydrogen) atoms. The normalized spacial score (nSPS) is 12.6. The molecule has 3 aromatic carbocycles. The first-order chi connectivity index (χ1) is 16.3. The van der Waals surface area contributed by atoms with Gasteiger partial charge in [0, 0.05) is 15.7 Å². The van der Waals surface area contributed by atoms with Crippen molar-refractivity contribution in [2.45, 2.75) is 24.8 Å². The highest BCUT2D eigenvalue weighted by molar-refractivity contribution is 7.92. The molecule has 3 aromatic rings. The number of hydrogen-bond donors (Lipinski definition) is 2. The lowest BCUT2D eigenvalue weighted by molar-refractivity contribution is -0.116. The number of anilines is 3. The fraction of sp³-hybridized carbons (Fsp3) is 0.174. The number of nitrogens with one attached hydrogen (secondary N) is 2. The lowest BCUT2D eigenvalue weighted by Gasteiger charge is -2.28. The average Bonchev–Trinajstić information content (AvgIpc) is 2.77. The van der Waals surface area contributed by atoms with Crippen LogP contribution in [0.4, 0.5) is 17.1 Å². The molecule has 0 aromatic heterocycles. The second-order valence-electron chi connectivity index (χ2n) is 7.79. The van der Waals surface area contributed by atoms with Crippen molar-refractivity contribution in [2.24, 2.45) is 0 Å². The van der Waals surface area contributed by atoms with Gasteiger partial charge in [0.2, 0.25) is 15.9 Å². The van der Waals surface area contributed by atoms with E-state index in [9.17, 15) is 21.6 Å². The van der Waals surface area contributed by atoms with Crippen LogP contribution in [-0.2, 0) is 24.8 Å². The number of halogens is 2. The zero-order valence-corrected chi connectivity index (χ0v) is 22.1. The van der Waals surface area contributed by atoms with Crippen molar-refractivity contribution in [2.75, 3.05) is 20.6 Å². The van der Waals surface area contributed by atoms with Crippen molar-refractivity contribution in [3.8, 4) is 0 Å². The van der Waals surface area contributed by atoms with E-state index in [1.54, 1.807) is 19.1 Å². The number of rotatable bonds is 8. The molecule has 0 radical (unpaired) electrons. The third kappa shape index (κ3) is 6.66. The van der Waals surface area contributed by atoms with Crippen molar-refractivity contribution >= 4 is 66.2 Å². The van der Waals surface area contributed by atoms with Gasteiger partial charge in [-0.1, -0.05) is 29.3 Å². The molecule has 2 N–H and O–H groups in total. The maximum Gasteiger partial charge on any atom is 0.261 e. The Bertz CT molecular complexity index is 1440. The number of carbonyl (C=O) groups excluding carboxylic acids is 1. The van der Waals surface area contributed by atoms with E-state index in [-0.39, 0.29) is 10.6 Å². The van der Waals surface area contributed by atoms with Crippen LogP contribution < -0.4 is 14.3 Å². The number of amides is 1. The molecule has 8 nitrogen and oxygen atoms in total. The summed E-state index contributed by atoms with van der Waals surface area (Å²) in [6.45, 7) is 3.25. The van der Waals surface area contributed by atoms with E-state index in [0.717, 1.165) is 16.1 Å². The predicted molar refractivity (Wildman–Crippen MR) is 140 cm³/mol. The lowest BCUT2D eigenvalue weighted by Crippen LogP contribution is -2.45. The Balaban J connectivity index is 1.76. The monoisotopic (exact) mass is 555 g/mol. The van der Waals surface area contributed by atoms with Crippen molar-refractivity contribution in [1.29, 1.82) is 0 Å². The van der Waals surface area contributed by atoms with Crippen molar-refractivity contribution < 1.29 is 21.6 Å². The third-order valence-corrected chi connectivity index (χ3v) is 8.32. The number of carbonyl (C=O) groups is 1. The molecule has 0 bridgehead atoms. The van der Waals surface area contributed by atoms with Gasteiger partial charge in [-0.25, -0.2) is 16.8 Å². The number of hydrogen-bond acceptors (Lipinski definition) is 5. The molecule has 12 heteroatoms. The van der Waals surface area contributed by atoms with Crippen LogP contribution in [0.2, 0.25) is 10.0 Å². The molecule has 0 spiro atoms. The molecule has 1 amide bonds. The maximum absolute atomic E-state index is 12.8. The van der Waals surface area contributed by atoms with Gasteiger partial charge in [0.25, 0.3) is 10.0 Å². The van der Waals surface area contributed by atoms with Crippen LogP contribution in [0.5, 0.6) is 0 Å². The topological polar surface area (TPSA) is 113 Å². The van der Waals surface area contributed by atoms with Gasteiger partial charge in [0.1, 0.15) is 6.04 Å². The Labute approximate surface area is 215 Å². The molecule has 0 aliphatic rings. The minimum Gasteiger partial charge on any atom is -0.324 e. The molecular formula is C23H23Cl2N3O5S2. The quantitative estimate of drug-likeness (QED) is 0.410. The van der Waals surface area contributed by atoms with Gasteiger partial charge in [0.05, 0.1) is 22.5 Å². The molecule has 0 saturated carbocycles. The highest BCUT2D eigenvalue weighted by Crippen LogP contribution is 2.25. The number of nitrogens with zero attached hydrogens (tertiary/aromatic N) is 1. The van der Waals surface area contributed by atoms with Crippen LogP contribution in [0.15, 0.2) is 71.6 Å². The second-order valence-corrected chi connectivity index (χ2v) is 12.2. The molecule has 186 valence electrons. The lowest BCUT2D eigenvalue weighted by atomic mass is 10.2. The van der Waals surface area contributed by atoms with Crippen molar-refractivity contribution in [1.82, 2.24) is 0 Å². The van der Waals surface area contributed by atoms with Crippen LogP contribution in [-0.4, -0.2) is 35.0 Å². The highest BCUT2D eigenvalue weighted by atomic mass is 35.5. The van der Waals surface area contributed by atoms with Gasteiger partial charge in [-0.3, -0.25) is 13.8 Å². The van der Waals surface area contributed by atoms with E-state index in [1.807, 2.05) is 0 Å². The summed E-state index contributed by atoms with van der Waals surface area (Å²) in [5.41, 5.74) is 1.70. The molecule has 1 unspecified atom stereocenters. The van der Waals surface area contributed by atoms with E-state index >= 15 is 0 Å². The standard InChI is InChI=1S/C23H23Cl2N3O5S2/c1-15-4-7-19(14-22(15)25)27-35(32,33)21-12-8-18(9-13-21)26-23(29)16(2)28(34(3,30)31)20-10-5-17(24)6-11-20/h4-14,16,27H,1-3H3,(H,26,29). The summed E-state index contributed by atoms with van der Waals surface area (Å²) in [5, 5.41) is 3.47. The maximum atomic E-state index is 12.8. The zero-order chi connectivity index (χ0) is 26.0. The Hall–Kier alpha value is -2.79.